The van der Waals surface area contributed by atoms with Crippen molar-refractivity contribution in [1.82, 2.24) is 4.98 Å². The van der Waals surface area contributed by atoms with Crippen LogP contribution in [0.3, 0.4) is 0 Å². The number of aromatic amines is 1. The molecule has 1 aromatic heterocycles. The Hall–Kier alpha value is -2.93. The Bertz CT molecular complexity index is 1020. The van der Waals surface area contributed by atoms with Gasteiger partial charge in [0.1, 0.15) is 0 Å². The molecule has 0 fully saturated rings. The molecule has 1 amide bonds. The van der Waals surface area contributed by atoms with E-state index < -0.39 is 5.76 Å². The fourth-order valence-corrected chi connectivity index (χ4v) is 2.86. The molecule has 2 heterocycles. The first-order valence-corrected chi connectivity index (χ1v) is 8.01. The molecule has 2 N–H and O–H groups in total. The number of hydrogen-bond donors (Lipinski definition) is 2. The van der Waals surface area contributed by atoms with E-state index in [2.05, 4.69) is 10.3 Å². The Morgan fingerprint density at radius 1 is 1.16 bits per heavy atom. The van der Waals surface area contributed by atoms with Crippen LogP contribution in [0, 0.1) is 0 Å². The van der Waals surface area contributed by atoms with E-state index in [0.29, 0.717) is 52.1 Å². The standard InChI is InChI=1S/C17H13ClN2O5/c18-11-6-9(7-14-15(11)24-5-1-4-23-14)16(21)19-10-2-3-13-12(8-10)20-17(22)25-13/h2-3,6-8H,1,4-5H2,(H,19,21)(H,20,22). The second-order valence-corrected chi connectivity index (χ2v) is 5.92. The van der Waals surface area contributed by atoms with E-state index in [9.17, 15) is 9.59 Å². The van der Waals surface area contributed by atoms with Crippen molar-refractivity contribution in [2.24, 2.45) is 0 Å². The van der Waals surface area contributed by atoms with E-state index in [1.165, 1.54) is 6.07 Å². The van der Waals surface area contributed by atoms with Crippen LogP contribution in [0.25, 0.3) is 11.1 Å². The van der Waals surface area contributed by atoms with Gasteiger partial charge in [-0.1, -0.05) is 11.6 Å². The van der Waals surface area contributed by atoms with Crippen molar-refractivity contribution in [1.29, 1.82) is 0 Å². The normalized spacial score (nSPS) is 13.5. The number of fused-ring (bicyclic) bond motifs is 2. The molecule has 1 aliphatic rings. The summed E-state index contributed by atoms with van der Waals surface area (Å²) in [6.07, 6.45) is 0.745. The van der Waals surface area contributed by atoms with E-state index in [-0.39, 0.29) is 5.91 Å². The van der Waals surface area contributed by atoms with Gasteiger partial charge in [0, 0.05) is 17.7 Å². The Balaban J connectivity index is 1.62. The van der Waals surface area contributed by atoms with Crippen LogP contribution in [0.4, 0.5) is 5.69 Å². The molecule has 0 bridgehead atoms. The lowest BCUT2D eigenvalue weighted by molar-refractivity contribution is 0.102. The fraction of sp³-hybridized carbons (Fsp3) is 0.176. The van der Waals surface area contributed by atoms with E-state index in [4.69, 9.17) is 25.5 Å². The molecule has 0 saturated heterocycles. The molecular formula is C17H13ClN2O5. The number of benzene rings is 2. The molecule has 3 aromatic rings. The average molecular weight is 361 g/mol. The molecule has 7 nitrogen and oxygen atoms in total. The topological polar surface area (TPSA) is 93.6 Å². The quantitative estimate of drug-likeness (QED) is 0.732. The van der Waals surface area contributed by atoms with Crippen LogP contribution in [-0.2, 0) is 0 Å². The van der Waals surface area contributed by atoms with Gasteiger partial charge in [-0.3, -0.25) is 9.78 Å². The smallest absolute Gasteiger partial charge is 0.417 e. The third-order valence-electron chi connectivity index (χ3n) is 3.74. The number of oxazole rings is 1. The van der Waals surface area contributed by atoms with Crippen molar-refractivity contribution < 1.29 is 18.7 Å². The van der Waals surface area contributed by atoms with Crippen LogP contribution in [0.5, 0.6) is 11.5 Å². The lowest BCUT2D eigenvalue weighted by Gasteiger charge is -2.11. The van der Waals surface area contributed by atoms with Crippen molar-refractivity contribution >= 4 is 34.3 Å². The monoisotopic (exact) mass is 360 g/mol. The SMILES string of the molecule is O=C(Nc1ccc2oc(=O)[nH]c2c1)c1cc(Cl)c2c(c1)OCCCO2. The molecule has 0 aliphatic carbocycles. The van der Waals surface area contributed by atoms with Gasteiger partial charge < -0.3 is 19.2 Å². The summed E-state index contributed by atoms with van der Waals surface area (Å²) in [6, 6.07) is 7.98. The molecule has 2 aromatic carbocycles. The Morgan fingerprint density at radius 2 is 2.00 bits per heavy atom. The molecule has 8 heteroatoms. The number of carbonyl (C=O) groups excluding carboxylic acids is 1. The summed E-state index contributed by atoms with van der Waals surface area (Å²) in [5, 5.41) is 3.07. The second kappa shape index (κ2) is 6.18. The van der Waals surface area contributed by atoms with Crippen LogP contribution in [0.2, 0.25) is 5.02 Å². The lowest BCUT2D eigenvalue weighted by Crippen LogP contribution is -2.12. The molecule has 128 valence electrons. The summed E-state index contributed by atoms with van der Waals surface area (Å²) < 4.78 is 16.1. The minimum Gasteiger partial charge on any atom is -0.489 e. The number of nitrogens with one attached hydrogen (secondary N) is 2. The summed E-state index contributed by atoms with van der Waals surface area (Å²) in [5.74, 6) is -0.00577. The van der Waals surface area contributed by atoms with Gasteiger partial charge in [-0.25, -0.2) is 4.79 Å². The summed E-state index contributed by atoms with van der Waals surface area (Å²) >= 11 is 6.21. The average Bonchev–Trinajstić information content (AvgIpc) is 2.79. The van der Waals surface area contributed by atoms with Gasteiger partial charge in [0.05, 0.1) is 23.8 Å². The van der Waals surface area contributed by atoms with Crippen LogP contribution in [-0.4, -0.2) is 24.1 Å². The third kappa shape index (κ3) is 3.06. The van der Waals surface area contributed by atoms with Crippen molar-refractivity contribution in [2.75, 3.05) is 18.5 Å². The highest BCUT2D eigenvalue weighted by Crippen LogP contribution is 2.38. The molecule has 0 unspecified atom stereocenters. The number of aromatic nitrogens is 1. The number of anilines is 1. The van der Waals surface area contributed by atoms with Gasteiger partial charge in [0.15, 0.2) is 17.1 Å². The highest BCUT2D eigenvalue weighted by atomic mass is 35.5. The molecule has 0 spiro atoms. The van der Waals surface area contributed by atoms with Crippen LogP contribution in [0.15, 0.2) is 39.5 Å². The zero-order chi connectivity index (χ0) is 17.4. The molecule has 1 aliphatic heterocycles. The zero-order valence-electron chi connectivity index (χ0n) is 12.9. The number of amides is 1. The van der Waals surface area contributed by atoms with E-state index in [0.717, 1.165) is 6.42 Å². The number of carbonyl (C=O) groups is 1. The van der Waals surface area contributed by atoms with E-state index in [1.54, 1.807) is 24.3 Å². The zero-order valence-corrected chi connectivity index (χ0v) is 13.7. The number of rotatable bonds is 2. The first kappa shape index (κ1) is 15.6. The lowest BCUT2D eigenvalue weighted by atomic mass is 10.1. The molecule has 4 rings (SSSR count). The Kier molecular flexibility index (Phi) is 3.85. The number of halogens is 1. The maximum absolute atomic E-state index is 12.5. The highest BCUT2D eigenvalue weighted by molar-refractivity contribution is 6.32. The molecule has 0 saturated carbocycles. The van der Waals surface area contributed by atoms with E-state index in [1.807, 2.05) is 0 Å². The largest absolute Gasteiger partial charge is 0.489 e. The highest BCUT2D eigenvalue weighted by Gasteiger charge is 2.18. The maximum atomic E-state index is 12.5. The van der Waals surface area contributed by atoms with Gasteiger partial charge in [-0.15, -0.1) is 0 Å². The Labute approximate surface area is 146 Å². The molecule has 25 heavy (non-hydrogen) atoms. The minimum atomic E-state index is -0.548. The van der Waals surface area contributed by atoms with Gasteiger partial charge >= 0.3 is 5.76 Å². The van der Waals surface area contributed by atoms with E-state index >= 15 is 0 Å². The molecule has 0 atom stereocenters. The third-order valence-corrected chi connectivity index (χ3v) is 4.02. The van der Waals surface area contributed by atoms with Crippen molar-refractivity contribution in [3.05, 3.63) is 51.5 Å². The summed E-state index contributed by atoms with van der Waals surface area (Å²) in [5.41, 5.74) is 1.77. The molecular weight excluding hydrogens is 348 g/mol. The number of hydrogen-bond acceptors (Lipinski definition) is 5. The van der Waals surface area contributed by atoms with Crippen molar-refractivity contribution in [3.63, 3.8) is 0 Å². The number of H-pyrrole nitrogens is 1. The summed E-state index contributed by atoms with van der Waals surface area (Å²) in [7, 11) is 0. The summed E-state index contributed by atoms with van der Waals surface area (Å²) in [4.78, 5) is 26.3. The van der Waals surface area contributed by atoms with Gasteiger partial charge in [-0.2, -0.15) is 0 Å². The van der Waals surface area contributed by atoms with Crippen LogP contribution in [0.1, 0.15) is 16.8 Å². The second-order valence-electron chi connectivity index (χ2n) is 5.52. The predicted molar refractivity (Wildman–Crippen MR) is 91.8 cm³/mol. The first-order chi connectivity index (χ1) is 12.1. The maximum Gasteiger partial charge on any atom is 0.417 e. The summed E-state index contributed by atoms with van der Waals surface area (Å²) in [6.45, 7) is 1.01. The van der Waals surface area contributed by atoms with Gasteiger partial charge in [-0.05, 0) is 30.3 Å². The first-order valence-electron chi connectivity index (χ1n) is 7.63. The predicted octanol–water partition coefficient (Wildman–Crippen LogP) is 3.19. The van der Waals surface area contributed by atoms with Crippen molar-refractivity contribution in [3.8, 4) is 11.5 Å². The number of ether oxygens (including phenoxy) is 2. The van der Waals surface area contributed by atoms with Crippen LogP contribution < -0.4 is 20.5 Å². The molecule has 0 radical (unpaired) electrons. The fourth-order valence-electron chi connectivity index (χ4n) is 2.59. The van der Waals surface area contributed by atoms with Crippen LogP contribution >= 0.6 is 11.6 Å². The van der Waals surface area contributed by atoms with Crippen molar-refractivity contribution in [2.45, 2.75) is 6.42 Å². The van der Waals surface area contributed by atoms with Gasteiger partial charge in [0.2, 0.25) is 0 Å². The van der Waals surface area contributed by atoms with Gasteiger partial charge in [0.25, 0.3) is 5.91 Å². The Morgan fingerprint density at radius 3 is 2.88 bits per heavy atom. The minimum absolute atomic E-state index is 0.319.